The Morgan fingerprint density at radius 2 is 1.80 bits per heavy atom. The second-order valence-electron chi connectivity index (χ2n) is 7.99. The molecule has 0 bridgehead atoms. The van der Waals surface area contributed by atoms with Crippen molar-refractivity contribution in [3.8, 4) is 11.5 Å². The second kappa shape index (κ2) is 11.5. The molecule has 0 aliphatic carbocycles. The number of nitro groups is 1. The fourth-order valence-corrected chi connectivity index (χ4v) is 5.31. The van der Waals surface area contributed by atoms with E-state index in [2.05, 4.69) is 15.9 Å². The summed E-state index contributed by atoms with van der Waals surface area (Å²) in [4.78, 5) is 49.2. The Morgan fingerprint density at radius 3 is 2.45 bits per heavy atom. The van der Waals surface area contributed by atoms with Crippen molar-refractivity contribution < 1.29 is 36.6 Å². The lowest BCUT2D eigenvalue weighted by atomic mass is 10.1. The molecule has 1 N–H and O–H groups in total. The first kappa shape index (κ1) is 28.7. The number of rotatable bonds is 8. The molecule has 4 amide bonds. The molecule has 0 aromatic heterocycles. The number of carbonyl (C=O) groups is 3. The maximum absolute atomic E-state index is 13.2. The maximum atomic E-state index is 13.2. The minimum absolute atomic E-state index is 0.0310. The van der Waals surface area contributed by atoms with Gasteiger partial charge in [0.2, 0.25) is 0 Å². The van der Waals surface area contributed by atoms with Crippen LogP contribution in [0.3, 0.4) is 0 Å². The van der Waals surface area contributed by atoms with Crippen LogP contribution in [0.5, 0.6) is 11.5 Å². The topological polar surface area (TPSA) is 162 Å². The predicted octanol–water partition coefficient (Wildman–Crippen LogP) is 4.84. The number of urea groups is 1. The monoisotopic (exact) mass is 649 g/mol. The summed E-state index contributed by atoms with van der Waals surface area (Å²) in [6.45, 7) is 1.76. The molecule has 0 atom stereocenters. The van der Waals surface area contributed by atoms with Gasteiger partial charge in [0.1, 0.15) is 10.5 Å². The smallest absolute Gasteiger partial charge is 0.339 e. The summed E-state index contributed by atoms with van der Waals surface area (Å²) in [7, 11) is -4.30. The summed E-state index contributed by atoms with van der Waals surface area (Å²) in [5.41, 5.74) is -0.751. The number of carbonyl (C=O) groups excluding carboxylic acids is 3. The van der Waals surface area contributed by atoms with Gasteiger partial charge in [-0.3, -0.25) is 25.0 Å². The van der Waals surface area contributed by atoms with Crippen molar-refractivity contribution in [3.05, 3.63) is 91.4 Å². The SMILES string of the molecule is CCOc1cc(/C=C2\C(=O)NC(=O)N(c3cccc([N+](=O)[O-])c3)C2=O)cc(Br)c1OS(=O)(=O)c1ccc(Cl)cc1. The molecule has 12 nitrogen and oxygen atoms in total. The summed E-state index contributed by atoms with van der Waals surface area (Å²) in [5.74, 6) is -2.26. The van der Waals surface area contributed by atoms with Gasteiger partial charge in [0.25, 0.3) is 17.5 Å². The van der Waals surface area contributed by atoms with Crippen LogP contribution in [-0.2, 0) is 19.7 Å². The van der Waals surface area contributed by atoms with Crippen LogP contribution in [0, 0.1) is 10.1 Å². The molecule has 15 heteroatoms. The van der Waals surface area contributed by atoms with E-state index in [4.69, 9.17) is 20.5 Å². The van der Waals surface area contributed by atoms with Crippen molar-refractivity contribution in [2.75, 3.05) is 11.5 Å². The van der Waals surface area contributed by atoms with Crippen LogP contribution in [0.1, 0.15) is 12.5 Å². The van der Waals surface area contributed by atoms with E-state index in [0.717, 1.165) is 12.1 Å². The number of imide groups is 2. The van der Waals surface area contributed by atoms with Gasteiger partial charge in [-0.1, -0.05) is 17.7 Å². The summed E-state index contributed by atoms with van der Waals surface area (Å²) >= 11 is 9.08. The second-order valence-corrected chi connectivity index (χ2v) is 10.8. The van der Waals surface area contributed by atoms with E-state index in [9.17, 15) is 32.9 Å². The Balaban J connectivity index is 1.72. The van der Waals surface area contributed by atoms with Crippen molar-refractivity contribution in [3.63, 3.8) is 0 Å². The van der Waals surface area contributed by atoms with Crippen LogP contribution in [0.4, 0.5) is 16.2 Å². The van der Waals surface area contributed by atoms with Gasteiger partial charge in [0.05, 0.1) is 21.7 Å². The van der Waals surface area contributed by atoms with E-state index in [1.54, 1.807) is 6.92 Å². The number of nitro benzene ring substituents is 1. The molecular weight excluding hydrogens is 634 g/mol. The number of nitrogens with zero attached hydrogens (tertiary/aromatic N) is 2. The van der Waals surface area contributed by atoms with Crippen LogP contribution in [0.2, 0.25) is 5.02 Å². The van der Waals surface area contributed by atoms with Crippen LogP contribution in [0.15, 0.2) is 75.6 Å². The highest BCUT2D eigenvalue weighted by Crippen LogP contribution is 2.39. The lowest BCUT2D eigenvalue weighted by Crippen LogP contribution is -2.54. The van der Waals surface area contributed by atoms with Crippen molar-refractivity contribution >= 4 is 72.9 Å². The molecular formula is C25H17BrClN3O9S. The number of barbiturate groups is 1. The molecule has 0 unspecified atom stereocenters. The third kappa shape index (κ3) is 5.98. The first-order chi connectivity index (χ1) is 18.9. The lowest BCUT2D eigenvalue weighted by molar-refractivity contribution is -0.384. The Labute approximate surface area is 240 Å². The first-order valence-corrected chi connectivity index (χ1v) is 13.8. The van der Waals surface area contributed by atoms with Gasteiger partial charge in [0.15, 0.2) is 11.5 Å². The Morgan fingerprint density at radius 1 is 1.10 bits per heavy atom. The zero-order valence-electron chi connectivity index (χ0n) is 20.3. The number of benzene rings is 3. The van der Waals surface area contributed by atoms with E-state index >= 15 is 0 Å². The third-order valence-corrected chi connectivity index (χ3v) is 7.42. The molecule has 4 rings (SSSR count). The molecule has 0 spiro atoms. The highest BCUT2D eigenvalue weighted by Gasteiger charge is 2.37. The van der Waals surface area contributed by atoms with Crippen molar-refractivity contribution in [2.45, 2.75) is 11.8 Å². The van der Waals surface area contributed by atoms with E-state index < -0.39 is 38.5 Å². The Hall–Kier alpha value is -4.27. The highest BCUT2D eigenvalue weighted by atomic mass is 79.9. The van der Waals surface area contributed by atoms with Gasteiger partial charge in [-0.25, -0.2) is 9.69 Å². The number of hydrogen-bond donors (Lipinski definition) is 1. The average molecular weight is 651 g/mol. The summed E-state index contributed by atoms with van der Waals surface area (Å²) in [5, 5.41) is 13.5. The summed E-state index contributed by atoms with van der Waals surface area (Å²) in [6, 6.07) is 11.7. The quantitative estimate of drug-likeness (QED) is 0.118. The first-order valence-electron chi connectivity index (χ1n) is 11.2. The lowest BCUT2D eigenvalue weighted by Gasteiger charge is -2.26. The van der Waals surface area contributed by atoms with Gasteiger partial charge in [-0.2, -0.15) is 8.42 Å². The van der Waals surface area contributed by atoms with Crippen LogP contribution in [-0.4, -0.2) is 37.8 Å². The van der Waals surface area contributed by atoms with E-state index in [1.807, 2.05) is 5.32 Å². The normalized spacial score (nSPS) is 14.7. The Kier molecular flexibility index (Phi) is 8.23. The van der Waals surface area contributed by atoms with Crippen LogP contribution >= 0.6 is 27.5 Å². The molecule has 0 radical (unpaired) electrons. The van der Waals surface area contributed by atoms with Crippen LogP contribution in [0.25, 0.3) is 6.08 Å². The summed E-state index contributed by atoms with van der Waals surface area (Å²) in [6.07, 6.45) is 1.15. The third-order valence-electron chi connectivity index (χ3n) is 5.34. The zero-order chi connectivity index (χ0) is 29.2. The number of anilines is 1. The highest BCUT2D eigenvalue weighted by molar-refractivity contribution is 9.10. The fraction of sp³-hybridized carbons (Fsp3) is 0.0800. The zero-order valence-corrected chi connectivity index (χ0v) is 23.4. The molecule has 1 aliphatic rings. The van der Waals surface area contributed by atoms with Gasteiger partial charge in [0, 0.05) is 17.2 Å². The molecule has 40 heavy (non-hydrogen) atoms. The predicted molar refractivity (Wildman–Crippen MR) is 147 cm³/mol. The van der Waals surface area contributed by atoms with Gasteiger partial charge in [-0.15, -0.1) is 0 Å². The van der Waals surface area contributed by atoms with Gasteiger partial charge in [-0.05, 0) is 77.0 Å². The average Bonchev–Trinajstić information content (AvgIpc) is 2.89. The van der Waals surface area contributed by atoms with Crippen LogP contribution < -0.4 is 19.1 Å². The standard InChI is InChI=1S/C25H17BrClN3O9S/c1-2-38-21-12-14(11-20(26)22(21)39-40(36,37)18-8-6-15(27)7-9-18)10-19-23(31)28-25(33)29(24(19)32)16-4-3-5-17(13-16)30(34)35/h3-13H,2H2,1H3,(H,28,31,33)/b19-10+. The minimum atomic E-state index is -4.30. The number of ether oxygens (including phenoxy) is 1. The molecule has 1 saturated heterocycles. The van der Waals surface area contributed by atoms with Crippen molar-refractivity contribution in [1.29, 1.82) is 0 Å². The molecule has 3 aromatic carbocycles. The van der Waals surface area contributed by atoms with E-state index in [-0.39, 0.29) is 44.4 Å². The largest absolute Gasteiger partial charge is 0.490 e. The molecule has 206 valence electrons. The number of nitrogens with one attached hydrogen (secondary N) is 1. The van der Waals surface area contributed by atoms with E-state index in [0.29, 0.717) is 9.92 Å². The molecule has 1 aliphatic heterocycles. The van der Waals surface area contributed by atoms with E-state index in [1.165, 1.54) is 54.6 Å². The molecule has 1 heterocycles. The molecule has 0 saturated carbocycles. The van der Waals surface area contributed by atoms with Crippen molar-refractivity contribution in [2.24, 2.45) is 0 Å². The maximum Gasteiger partial charge on any atom is 0.339 e. The minimum Gasteiger partial charge on any atom is -0.490 e. The number of amides is 4. The molecule has 1 fully saturated rings. The fourth-order valence-electron chi connectivity index (χ4n) is 3.58. The van der Waals surface area contributed by atoms with Gasteiger partial charge >= 0.3 is 16.1 Å². The van der Waals surface area contributed by atoms with Gasteiger partial charge < -0.3 is 8.92 Å². The molecule has 3 aromatic rings. The number of hydrogen-bond acceptors (Lipinski definition) is 9. The number of halogens is 2. The Bertz CT molecular complexity index is 1690. The summed E-state index contributed by atoms with van der Waals surface area (Å²) < 4.78 is 36.7. The van der Waals surface area contributed by atoms with Crippen molar-refractivity contribution in [1.82, 2.24) is 5.32 Å². The number of non-ortho nitro benzene ring substituents is 1.